The second-order valence-electron chi connectivity index (χ2n) is 7.04. The molecule has 148 valence electrons. The van der Waals surface area contributed by atoms with Crippen molar-refractivity contribution in [2.75, 3.05) is 50.3 Å². The van der Waals surface area contributed by atoms with Gasteiger partial charge in [-0.3, -0.25) is 13.9 Å². The standard InChI is InChI=1S/C18H26N4O4S/c1-19-17(23)16-13-20(2)9-10-21(16)18(24)14-6-5-7-15(12-14)22-8-3-4-11-27(22,25)26/h5-7,12,16H,3-4,8-11,13H2,1-2H3,(H,19,23). The molecule has 2 heterocycles. The molecule has 0 saturated carbocycles. The molecular weight excluding hydrogens is 368 g/mol. The Morgan fingerprint density at radius 3 is 2.63 bits per heavy atom. The lowest BCUT2D eigenvalue weighted by Gasteiger charge is -2.39. The maximum Gasteiger partial charge on any atom is 0.254 e. The smallest absolute Gasteiger partial charge is 0.254 e. The third-order valence-corrected chi connectivity index (χ3v) is 6.99. The predicted octanol–water partition coefficient (Wildman–Crippen LogP) is 0.119. The van der Waals surface area contributed by atoms with E-state index in [2.05, 4.69) is 5.32 Å². The number of benzene rings is 1. The van der Waals surface area contributed by atoms with Crippen LogP contribution in [0.3, 0.4) is 0 Å². The van der Waals surface area contributed by atoms with E-state index in [1.165, 1.54) is 4.31 Å². The van der Waals surface area contributed by atoms with Crippen LogP contribution in [0, 0.1) is 0 Å². The first-order valence-corrected chi connectivity index (χ1v) is 10.8. The van der Waals surface area contributed by atoms with Gasteiger partial charge in [0.25, 0.3) is 5.91 Å². The molecule has 27 heavy (non-hydrogen) atoms. The Balaban J connectivity index is 1.87. The number of amides is 2. The molecule has 1 atom stereocenters. The van der Waals surface area contributed by atoms with E-state index in [1.54, 1.807) is 36.2 Å². The Kier molecular flexibility index (Phi) is 5.71. The van der Waals surface area contributed by atoms with Gasteiger partial charge in [-0.2, -0.15) is 0 Å². The summed E-state index contributed by atoms with van der Waals surface area (Å²) in [6.45, 7) is 2.01. The number of nitrogens with one attached hydrogen (secondary N) is 1. The van der Waals surface area contributed by atoms with Crippen molar-refractivity contribution in [3.8, 4) is 0 Å². The van der Waals surface area contributed by atoms with Gasteiger partial charge in [-0.05, 0) is 38.1 Å². The molecule has 1 aromatic rings. The summed E-state index contributed by atoms with van der Waals surface area (Å²) in [4.78, 5) is 28.9. The van der Waals surface area contributed by atoms with Crippen LogP contribution in [0.25, 0.3) is 0 Å². The van der Waals surface area contributed by atoms with Gasteiger partial charge in [-0.25, -0.2) is 8.42 Å². The molecule has 2 aliphatic rings. The van der Waals surface area contributed by atoms with Crippen LogP contribution in [0.15, 0.2) is 24.3 Å². The highest BCUT2D eigenvalue weighted by Crippen LogP contribution is 2.25. The van der Waals surface area contributed by atoms with Crippen molar-refractivity contribution in [3.63, 3.8) is 0 Å². The molecule has 1 aromatic carbocycles. The highest BCUT2D eigenvalue weighted by Gasteiger charge is 2.34. The Morgan fingerprint density at radius 2 is 1.93 bits per heavy atom. The van der Waals surface area contributed by atoms with Gasteiger partial charge in [0.05, 0.1) is 11.4 Å². The molecule has 1 N–H and O–H groups in total. The van der Waals surface area contributed by atoms with Crippen LogP contribution in [0.4, 0.5) is 5.69 Å². The summed E-state index contributed by atoms with van der Waals surface area (Å²) in [7, 11) is 0.132. The third kappa shape index (κ3) is 4.08. The van der Waals surface area contributed by atoms with Crippen molar-refractivity contribution in [3.05, 3.63) is 29.8 Å². The number of piperazine rings is 1. The monoisotopic (exact) mass is 394 g/mol. The Hall–Kier alpha value is -2.13. The summed E-state index contributed by atoms with van der Waals surface area (Å²) in [6.07, 6.45) is 1.46. The zero-order valence-corrected chi connectivity index (χ0v) is 16.5. The Bertz CT molecular complexity index is 826. The molecule has 8 nitrogen and oxygen atoms in total. The van der Waals surface area contributed by atoms with Crippen molar-refractivity contribution in [2.24, 2.45) is 0 Å². The normalized spacial score (nSPS) is 23.1. The van der Waals surface area contributed by atoms with E-state index in [0.29, 0.717) is 43.9 Å². The first-order valence-electron chi connectivity index (χ1n) is 9.15. The quantitative estimate of drug-likeness (QED) is 0.786. The lowest BCUT2D eigenvalue weighted by molar-refractivity contribution is -0.126. The average Bonchev–Trinajstić information content (AvgIpc) is 2.66. The van der Waals surface area contributed by atoms with Gasteiger partial charge in [0.2, 0.25) is 15.9 Å². The highest BCUT2D eigenvalue weighted by molar-refractivity contribution is 7.92. The minimum atomic E-state index is -3.34. The fourth-order valence-electron chi connectivity index (χ4n) is 3.59. The number of likely N-dealkylation sites (N-methyl/N-ethyl adjacent to an activating group) is 2. The number of hydrogen-bond donors (Lipinski definition) is 1. The van der Waals surface area contributed by atoms with Gasteiger partial charge in [-0.1, -0.05) is 6.07 Å². The summed E-state index contributed by atoms with van der Waals surface area (Å²) >= 11 is 0. The maximum atomic E-state index is 13.1. The van der Waals surface area contributed by atoms with Crippen molar-refractivity contribution in [1.82, 2.24) is 15.1 Å². The van der Waals surface area contributed by atoms with Crippen LogP contribution in [0.1, 0.15) is 23.2 Å². The molecule has 0 radical (unpaired) electrons. The molecule has 0 bridgehead atoms. The van der Waals surface area contributed by atoms with Crippen LogP contribution in [-0.2, 0) is 14.8 Å². The summed E-state index contributed by atoms with van der Waals surface area (Å²) in [5.41, 5.74) is 0.901. The second kappa shape index (κ2) is 7.85. The van der Waals surface area contributed by atoms with Gasteiger partial charge < -0.3 is 15.1 Å². The van der Waals surface area contributed by atoms with Crippen LogP contribution in [0.2, 0.25) is 0 Å². The molecular formula is C18H26N4O4S. The first-order chi connectivity index (χ1) is 12.8. The molecule has 2 saturated heterocycles. The van der Waals surface area contributed by atoms with Gasteiger partial charge >= 0.3 is 0 Å². The van der Waals surface area contributed by atoms with E-state index in [1.807, 2.05) is 11.9 Å². The zero-order valence-electron chi connectivity index (χ0n) is 15.7. The molecule has 2 fully saturated rings. The first kappa shape index (κ1) is 19.6. The lowest BCUT2D eigenvalue weighted by atomic mass is 10.1. The number of hydrogen-bond acceptors (Lipinski definition) is 5. The second-order valence-corrected chi connectivity index (χ2v) is 9.05. The molecule has 0 aliphatic carbocycles. The lowest BCUT2D eigenvalue weighted by Crippen LogP contribution is -2.59. The summed E-state index contributed by atoms with van der Waals surface area (Å²) in [6, 6.07) is 6.12. The Labute approximate surface area is 160 Å². The maximum absolute atomic E-state index is 13.1. The van der Waals surface area contributed by atoms with E-state index in [-0.39, 0.29) is 17.6 Å². The van der Waals surface area contributed by atoms with Crippen LogP contribution >= 0.6 is 0 Å². The van der Waals surface area contributed by atoms with Crippen molar-refractivity contribution in [2.45, 2.75) is 18.9 Å². The predicted molar refractivity (Wildman–Crippen MR) is 103 cm³/mol. The summed E-state index contributed by atoms with van der Waals surface area (Å²) in [5.74, 6) is -0.333. The fraction of sp³-hybridized carbons (Fsp3) is 0.556. The molecule has 3 rings (SSSR count). The summed E-state index contributed by atoms with van der Waals surface area (Å²) in [5, 5.41) is 2.62. The van der Waals surface area contributed by atoms with E-state index in [9.17, 15) is 18.0 Å². The fourth-order valence-corrected chi connectivity index (χ4v) is 5.22. The van der Waals surface area contributed by atoms with E-state index < -0.39 is 16.1 Å². The molecule has 0 spiro atoms. The minimum absolute atomic E-state index is 0.127. The summed E-state index contributed by atoms with van der Waals surface area (Å²) < 4.78 is 26.1. The van der Waals surface area contributed by atoms with Gasteiger partial charge in [0, 0.05) is 38.8 Å². The number of sulfonamides is 1. The van der Waals surface area contributed by atoms with Crippen LogP contribution in [-0.4, -0.2) is 82.1 Å². The van der Waals surface area contributed by atoms with Crippen LogP contribution < -0.4 is 9.62 Å². The van der Waals surface area contributed by atoms with Crippen LogP contribution in [0.5, 0.6) is 0 Å². The Morgan fingerprint density at radius 1 is 1.15 bits per heavy atom. The largest absolute Gasteiger partial charge is 0.357 e. The van der Waals surface area contributed by atoms with E-state index in [0.717, 1.165) is 6.42 Å². The molecule has 0 aromatic heterocycles. The number of carbonyl (C=O) groups excluding carboxylic acids is 2. The van der Waals surface area contributed by atoms with E-state index >= 15 is 0 Å². The average molecular weight is 394 g/mol. The van der Waals surface area contributed by atoms with Gasteiger partial charge in [0.15, 0.2) is 0 Å². The van der Waals surface area contributed by atoms with Gasteiger partial charge in [-0.15, -0.1) is 0 Å². The number of carbonyl (C=O) groups is 2. The van der Waals surface area contributed by atoms with Crippen molar-refractivity contribution in [1.29, 1.82) is 0 Å². The van der Waals surface area contributed by atoms with Crippen molar-refractivity contribution >= 4 is 27.5 Å². The van der Waals surface area contributed by atoms with Crippen molar-refractivity contribution < 1.29 is 18.0 Å². The molecule has 1 unspecified atom stereocenters. The minimum Gasteiger partial charge on any atom is -0.357 e. The van der Waals surface area contributed by atoms with Gasteiger partial charge in [0.1, 0.15) is 6.04 Å². The SMILES string of the molecule is CNC(=O)C1CN(C)CCN1C(=O)c1cccc(N2CCCCS2(=O)=O)c1. The molecule has 2 aliphatic heterocycles. The topological polar surface area (TPSA) is 90.0 Å². The third-order valence-electron chi connectivity index (χ3n) is 5.12. The number of anilines is 1. The molecule has 9 heteroatoms. The zero-order chi connectivity index (χ0) is 19.6. The number of nitrogens with zero attached hydrogens (tertiary/aromatic N) is 3. The highest BCUT2D eigenvalue weighted by atomic mass is 32.2. The molecule has 2 amide bonds. The number of rotatable bonds is 3. The van der Waals surface area contributed by atoms with E-state index in [4.69, 9.17) is 0 Å².